The van der Waals surface area contributed by atoms with Crippen molar-refractivity contribution in [1.82, 2.24) is 10.2 Å². The van der Waals surface area contributed by atoms with Gasteiger partial charge in [0.1, 0.15) is 0 Å². The zero-order valence-corrected chi connectivity index (χ0v) is 4.87. The number of hydrogen-bond acceptors (Lipinski definition) is 3. The van der Waals surface area contributed by atoms with E-state index in [2.05, 4.69) is 10.2 Å². The van der Waals surface area contributed by atoms with Crippen molar-refractivity contribution in [2.75, 3.05) is 0 Å². The highest BCUT2D eigenvalue weighted by Crippen LogP contribution is 1.99. The average molecular weight is 140 g/mol. The Bertz CT molecular complexity index is 266. The molecule has 1 aromatic heterocycles. The lowest BCUT2D eigenvalue weighted by atomic mass is 10.3. The van der Waals surface area contributed by atoms with E-state index < -0.39 is 5.97 Å². The van der Waals surface area contributed by atoms with Crippen LogP contribution in [0, 0.1) is 0 Å². The second-order valence-corrected chi connectivity index (χ2v) is 1.62. The SMILES string of the molecule is O=Cc1cn[nH]c1C(=O)O. The third-order valence-corrected chi connectivity index (χ3v) is 1.01. The van der Waals surface area contributed by atoms with Crippen LogP contribution in [0.1, 0.15) is 20.8 Å². The fraction of sp³-hybridized carbons (Fsp3) is 0. The first-order valence-corrected chi connectivity index (χ1v) is 2.47. The minimum absolute atomic E-state index is 0.0625. The molecule has 1 heterocycles. The van der Waals surface area contributed by atoms with Crippen molar-refractivity contribution in [2.24, 2.45) is 0 Å². The molecule has 0 fully saturated rings. The fourth-order valence-electron chi connectivity index (χ4n) is 0.556. The van der Waals surface area contributed by atoms with Gasteiger partial charge < -0.3 is 5.11 Å². The lowest BCUT2D eigenvalue weighted by molar-refractivity contribution is 0.0687. The Balaban J connectivity index is 3.13. The molecule has 0 aliphatic rings. The highest BCUT2D eigenvalue weighted by atomic mass is 16.4. The smallest absolute Gasteiger partial charge is 0.354 e. The number of carbonyl (C=O) groups is 2. The lowest BCUT2D eigenvalue weighted by Gasteiger charge is -1.84. The van der Waals surface area contributed by atoms with E-state index in [9.17, 15) is 9.59 Å². The molecule has 5 heteroatoms. The van der Waals surface area contributed by atoms with Gasteiger partial charge in [0, 0.05) is 0 Å². The van der Waals surface area contributed by atoms with Gasteiger partial charge >= 0.3 is 5.97 Å². The topological polar surface area (TPSA) is 83.0 Å². The van der Waals surface area contributed by atoms with Gasteiger partial charge in [-0.3, -0.25) is 9.89 Å². The summed E-state index contributed by atoms with van der Waals surface area (Å²) in [6.45, 7) is 0. The summed E-state index contributed by atoms with van der Waals surface area (Å²) in [6.07, 6.45) is 1.60. The number of nitrogens with one attached hydrogen (secondary N) is 1. The van der Waals surface area contributed by atoms with Gasteiger partial charge in [-0.1, -0.05) is 0 Å². The Kier molecular flexibility index (Phi) is 1.49. The summed E-state index contributed by atoms with van der Waals surface area (Å²) in [4.78, 5) is 20.3. The van der Waals surface area contributed by atoms with Crippen molar-refractivity contribution < 1.29 is 14.7 Å². The first-order valence-electron chi connectivity index (χ1n) is 2.47. The maximum absolute atomic E-state index is 10.2. The van der Waals surface area contributed by atoms with Crippen molar-refractivity contribution in [3.8, 4) is 0 Å². The molecule has 0 aliphatic heterocycles. The molecule has 5 nitrogen and oxygen atoms in total. The minimum atomic E-state index is -1.18. The molecule has 0 bridgehead atoms. The van der Waals surface area contributed by atoms with Crippen molar-refractivity contribution in [1.29, 1.82) is 0 Å². The van der Waals surface area contributed by atoms with Gasteiger partial charge in [0.05, 0.1) is 11.8 Å². The number of carboxylic acids is 1. The molecular weight excluding hydrogens is 136 g/mol. The Morgan fingerprint density at radius 1 is 1.80 bits per heavy atom. The molecule has 0 aromatic carbocycles. The van der Waals surface area contributed by atoms with Crippen LogP contribution in [-0.2, 0) is 0 Å². The third-order valence-electron chi connectivity index (χ3n) is 1.01. The van der Waals surface area contributed by atoms with Crippen LogP contribution in [0.5, 0.6) is 0 Å². The van der Waals surface area contributed by atoms with Crippen LogP contribution in [0.25, 0.3) is 0 Å². The van der Waals surface area contributed by atoms with E-state index in [1.165, 1.54) is 0 Å². The fourth-order valence-corrected chi connectivity index (χ4v) is 0.556. The molecule has 2 N–H and O–H groups in total. The lowest BCUT2D eigenvalue weighted by Crippen LogP contribution is -2.00. The van der Waals surface area contributed by atoms with Crippen LogP contribution in [0.15, 0.2) is 6.20 Å². The summed E-state index contributed by atoms with van der Waals surface area (Å²) >= 11 is 0. The van der Waals surface area contributed by atoms with Crippen LogP contribution in [-0.4, -0.2) is 27.6 Å². The summed E-state index contributed by atoms with van der Waals surface area (Å²) in [6, 6.07) is 0. The monoisotopic (exact) mass is 140 g/mol. The minimum Gasteiger partial charge on any atom is -0.477 e. The molecule has 10 heavy (non-hydrogen) atoms. The number of aromatic nitrogens is 2. The van der Waals surface area contributed by atoms with E-state index in [1.54, 1.807) is 0 Å². The number of rotatable bonds is 2. The Morgan fingerprint density at radius 3 is 2.90 bits per heavy atom. The zero-order valence-electron chi connectivity index (χ0n) is 4.87. The van der Waals surface area contributed by atoms with Crippen LogP contribution < -0.4 is 0 Å². The van der Waals surface area contributed by atoms with Gasteiger partial charge in [0.25, 0.3) is 0 Å². The molecule has 52 valence electrons. The first-order chi connectivity index (χ1) is 4.75. The van der Waals surface area contributed by atoms with Crippen LogP contribution in [0.4, 0.5) is 0 Å². The normalized spacial score (nSPS) is 9.20. The second kappa shape index (κ2) is 2.30. The van der Waals surface area contributed by atoms with Gasteiger partial charge in [-0.05, 0) is 0 Å². The molecule has 0 spiro atoms. The van der Waals surface area contributed by atoms with Gasteiger partial charge in [-0.25, -0.2) is 4.79 Å². The number of aromatic carboxylic acids is 1. The molecule has 0 radical (unpaired) electrons. The van der Waals surface area contributed by atoms with E-state index in [-0.39, 0.29) is 11.3 Å². The molecule has 0 amide bonds. The molecule has 0 aliphatic carbocycles. The highest BCUT2D eigenvalue weighted by molar-refractivity contribution is 5.94. The number of aromatic amines is 1. The van der Waals surface area contributed by atoms with E-state index in [0.717, 1.165) is 6.20 Å². The summed E-state index contributed by atoms with van der Waals surface area (Å²) in [5.41, 5.74) is -0.109. The van der Waals surface area contributed by atoms with Gasteiger partial charge in [-0.2, -0.15) is 5.10 Å². The van der Waals surface area contributed by atoms with E-state index in [1.807, 2.05) is 0 Å². The predicted molar refractivity (Wildman–Crippen MR) is 30.9 cm³/mol. The number of carboxylic acid groups (broad SMARTS) is 1. The van der Waals surface area contributed by atoms with Crippen molar-refractivity contribution in [3.05, 3.63) is 17.5 Å². The molecule has 1 aromatic rings. The molecule has 0 atom stereocenters. The summed E-state index contributed by atoms with van der Waals surface area (Å²) in [7, 11) is 0. The molecule has 0 saturated heterocycles. The number of H-pyrrole nitrogens is 1. The average Bonchev–Trinajstić information content (AvgIpc) is 2.33. The number of hydrogen-bond donors (Lipinski definition) is 2. The Hall–Kier alpha value is -1.65. The number of nitrogens with zero attached hydrogens (tertiary/aromatic N) is 1. The van der Waals surface area contributed by atoms with Crippen LogP contribution in [0.2, 0.25) is 0 Å². The maximum Gasteiger partial charge on any atom is 0.354 e. The Morgan fingerprint density at radius 2 is 2.50 bits per heavy atom. The third kappa shape index (κ3) is 0.883. The summed E-state index contributed by atoms with van der Waals surface area (Å²) in [5.74, 6) is -1.18. The molecule has 0 unspecified atom stereocenters. The van der Waals surface area contributed by atoms with E-state index >= 15 is 0 Å². The predicted octanol–water partition coefficient (Wildman–Crippen LogP) is -0.0796. The van der Waals surface area contributed by atoms with E-state index in [4.69, 9.17) is 5.11 Å². The van der Waals surface area contributed by atoms with Crippen molar-refractivity contribution >= 4 is 12.3 Å². The largest absolute Gasteiger partial charge is 0.477 e. The van der Waals surface area contributed by atoms with Gasteiger partial charge in [-0.15, -0.1) is 0 Å². The van der Waals surface area contributed by atoms with Crippen LogP contribution in [0.3, 0.4) is 0 Å². The quantitative estimate of drug-likeness (QED) is 0.563. The second-order valence-electron chi connectivity index (χ2n) is 1.62. The van der Waals surface area contributed by atoms with Crippen LogP contribution >= 0.6 is 0 Å². The maximum atomic E-state index is 10.2. The van der Waals surface area contributed by atoms with Gasteiger partial charge in [0.15, 0.2) is 12.0 Å². The number of carbonyl (C=O) groups excluding carboxylic acids is 1. The van der Waals surface area contributed by atoms with Crippen molar-refractivity contribution in [2.45, 2.75) is 0 Å². The Labute approximate surface area is 55.7 Å². The summed E-state index contributed by atoms with van der Waals surface area (Å²) in [5, 5.41) is 13.9. The highest BCUT2D eigenvalue weighted by Gasteiger charge is 2.10. The number of aldehydes is 1. The summed E-state index contributed by atoms with van der Waals surface area (Å²) < 4.78 is 0. The zero-order chi connectivity index (χ0) is 7.56. The van der Waals surface area contributed by atoms with Gasteiger partial charge in [0.2, 0.25) is 0 Å². The van der Waals surface area contributed by atoms with Crippen molar-refractivity contribution in [3.63, 3.8) is 0 Å². The molecule has 1 rings (SSSR count). The first kappa shape index (κ1) is 6.47. The molecular formula is C5H4N2O3. The van der Waals surface area contributed by atoms with E-state index in [0.29, 0.717) is 6.29 Å². The standard InChI is InChI=1S/C5H4N2O3/c8-2-3-1-6-7-4(3)5(9)10/h1-2H,(H,6,7)(H,9,10). The molecule has 0 saturated carbocycles.